The molecule has 88 valence electrons. The van der Waals surface area contributed by atoms with Crippen molar-refractivity contribution in [2.45, 2.75) is 38.5 Å². The molecule has 0 saturated heterocycles. The van der Waals surface area contributed by atoms with Crippen LogP contribution in [0.1, 0.15) is 44.3 Å². The molecule has 4 heteroatoms. The van der Waals surface area contributed by atoms with Crippen LogP contribution in [0.2, 0.25) is 0 Å². The fourth-order valence-electron chi connectivity index (χ4n) is 1.70. The molecule has 0 radical (unpaired) electrons. The van der Waals surface area contributed by atoms with Crippen LogP contribution in [0, 0.1) is 0 Å². The summed E-state index contributed by atoms with van der Waals surface area (Å²) in [4.78, 5) is 11.0. The van der Waals surface area contributed by atoms with Gasteiger partial charge in [-0.15, -0.1) is 0 Å². The van der Waals surface area contributed by atoms with Crippen LogP contribution in [-0.2, 0) is 0 Å². The van der Waals surface area contributed by atoms with E-state index in [9.17, 15) is 0 Å². The molecule has 1 aromatic rings. The van der Waals surface area contributed by atoms with Crippen LogP contribution in [0.4, 0.5) is 11.6 Å². The fraction of sp³-hybridized carbons (Fsp3) is 0.667. The zero-order valence-electron chi connectivity index (χ0n) is 10.1. The van der Waals surface area contributed by atoms with Crippen LogP contribution in [0.25, 0.3) is 0 Å². The summed E-state index contributed by atoms with van der Waals surface area (Å²) >= 11 is 0. The normalized spacial score (nSPS) is 15.1. The minimum absolute atomic E-state index is 0.557. The number of anilines is 2. The van der Waals surface area contributed by atoms with Crippen LogP contribution < -0.4 is 10.6 Å². The van der Waals surface area contributed by atoms with Gasteiger partial charge < -0.3 is 10.6 Å². The van der Waals surface area contributed by atoms with Gasteiger partial charge in [-0.1, -0.05) is 13.3 Å². The summed E-state index contributed by atoms with van der Waals surface area (Å²) in [6.45, 7) is 3.22. The third-order valence-electron chi connectivity index (χ3n) is 2.93. The Labute approximate surface area is 96.9 Å². The fourth-order valence-corrected chi connectivity index (χ4v) is 1.70. The Morgan fingerprint density at radius 3 is 2.81 bits per heavy atom. The molecule has 0 aromatic carbocycles. The van der Waals surface area contributed by atoms with E-state index < -0.39 is 0 Å². The van der Waals surface area contributed by atoms with Crippen LogP contribution in [0.3, 0.4) is 0 Å². The third kappa shape index (κ3) is 2.62. The lowest BCUT2D eigenvalue weighted by atomic mass is 10.3. The van der Waals surface area contributed by atoms with E-state index in [0.29, 0.717) is 11.7 Å². The van der Waals surface area contributed by atoms with Gasteiger partial charge >= 0.3 is 0 Å². The molecule has 16 heavy (non-hydrogen) atoms. The lowest BCUT2D eigenvalue weighted by Gasteiger charge is -2.18. The highest BCUT2D eigenvalue weighted by molar-refractivity contribution is 5.47. The molecule has 0 unspecified atom stereocenters. The molecule has 2 N–H and O–H groups in total. The van der Waals surface area contributed by atoms with Gasteiger partial charge in [0.1, 0.15) is 17.5 Å². The maximum atomic E-state index is 5.81. The summed E-state index contributed by atoms with van der Waals surface area (Å²) < 4.78 is 0. The van der Waals surface area contributed by atoms with E-state index in [-0.39, 0.29) is 0 Å². The van der Waals surface area contributed by atoms with Crippen molar-refractivity contribution < 1.29 is 0 Å². The summed E-state index contributed by atoms with van der Waals surface area (Å²) in [5.74, 6) is 3.04. The topological polar surface area (TPSA) is 55.0 Å². The molecule has 1 saturated carbocycles. The van der Waals surface area contributed by atoms with Gasteiger partial charge in [0.05, 0.1) is 0 Å². The Hall–Kier alpha value is -1.32. The largest absolute Gasteiger partial charge is 0.384 e. The quantitative estimate of drug-likeness (QED) is 0.826. The first-order chi connectivity index (χ1) is 7.70. The van der Waals surface area contributed by atoms with Gasteiger partial charge in [0.25, 0.3) is 0 Å². The average Bonchev–Trinajstić information content (AvgIpc) is 3.08. The number of nitrogens with two attached hydrogens (primary N) is 1. The van der Waals surface area contributed by atoms with Crippen molar-refractivity contribution in [2.24, 2.45) is 0 Å². The molecule has 0 spiro atoms. The molecule has 4 nitrogen and oxygen atoms in total. The molecule has 1 aliphatic carbocycles. The predicted molar refractivity (Wildman–Crippen MR) is 66.6 cm³/mol. The van der Waals surface area contributed by atoms with Gasteiger partial charge in [0, 0.05) is 25.6 Å². The maximum absolute atomic E-state index is 5.81. The van der Waals surface area contributed by atoms with Gasteiger partial charge in [0.15, 0.2) is 0 Å². The first-order valence-corrected chi connectivity index (χ1v) is 6.06. The predicted octanol–water partition coefficient (Wildman–Crippen LogP) is 2.17. The smallest absolute Gasteiger partial charge is 0.136 e. The van der Waals surface area contributed by atoms with Crippen molar-refractivity contribution in [3.63, 3.8) is 0 Å². The van der Waals surface area contributed by atoms with Gasteiger partial charge in [-0.3, -0.25) is 0 Å². The Balaban J connectivity index is 2.12. The number of nitrogens with zero attached hydrogens (tertiary/aromatic N) is 3. The van der Waals surface area contributed by atoms with Gasteiger partial charge in [-0.2, -0.15) is 0 Å². The second-order valence-corrected chi connectivity index (χ2v) is 4.56. The van der Waals surface area contributed by atoms with Crippen LogP contribution >= 0.6 is 0 Å². The van der Waals surface area contributed by atoms with E-state index in [1.807, 2.05) is 6.07 Å². The summed E-state index contributed by atoms with van der Waals surface area (Å²) in [6, 6.07) is 1.86. The number of hydrogen-bond donors (Lipinski definition) is 1. The van der Waals surface area contributed by atoms with Crippen molar-refractivity contribution in [1.82, 2.24) is 9.97 Å². The van der Waals surface area contributed by atoms with E-state index in [4.69, 9.17) is 5.73 Å². The number of aromatic nitrogens is 2. The van der Waals surface area contributed by atoms with Crippen LogP contribution in [0.5, 0.6) is 0 Å². The van der Waals surface area contributed by atoms with E-state index in [2.05, 4.69) is 28.8 Å². The van der Waals surface area contributed by atoms with Crippen LogP contribution in [-0.4, -0.2) is 23.6 Å². The maximum Gasteiger partial charge on any atom is 0.136 e. The van der Waals surface area contributed by atoms with E-state index in [0.717, 1.165) is 18.2 Å². The highest BCUT2D eigenvalue weighted by atomic mass is 15.2. The first-order valence-electron chi connectivity index (χ1n) is 6.06. The van der Waals surface area contributed by atoms with E-state index >= 15 is 0 Å². The molecule has 1 heterocycles. The standard InChI is InChI=1S/C12H20N4/c1-3-4-7-16(2)11-8-10(13)14-12(15-11)9-5-6-9/h8-9H,3-7H2,1-2H3,(H2,13,14,15). The minimum Gasteiger partial charge on any atom is -0.384 e. The number of hydrogen-bond acceptors (Lipinski definition) is 4. The molecule has 1 aromatic heterocycles. The molecule has 0 amide bonds. The van der Waals surface area contributed by atoms with Crippen LogP contribution in [0.15, 0.2) is 6.07 Å². The average molecular weight is 220 g/mol. The van der Waals surface area contributed by atoms with E-state index in [1.165, 1.54) is 25.7 Å². The van der Waals surface area contributed by atoms with Gasteiger partial charge in [0.2, 0.25) is 0 Å². The molecule has 0 atom stereocenters. The highest BCUT2D eigenvalue weighted by Crippen LogP contribution is 2.38. The summed E-state index contributed by atoms with van der Waals surface area (Å²) in [5, 5.41) is 0. The zero-order valence-corrected chi connectivity index (χ0v) is 10.1. The Morgan fingerprint density at radius 2 is 2.19 bits per heavy atom. The SMILES string of the molecule is CCCCN(C)c1cc(N)nc(C2CC2)n1. The molecule has 0 aliphatic heterocycles. The first kappa shape index (κ1) is 11.2. The number of rotatable bonds is 5. The van der Waals surface area contributed by atoms with Crippen molar-refractivity contribution in [1.29, 1.82) is 0 Å². The summed E-state index contributed by atoms with van der Waals surface area (Å²) in [5.41, 5.74) is 5.81. The zero-order chi connectivity index (χ0) is 11.5. The van der Waals surface area contributed by atoms with Gasteiger partial charge in [-0.05, 0) is 19.3 Å². The van der Waals surface area contributed by atoms with Crippen molar-refractivity contribution in [2.75, 3.05) is 24.2 Å². The second kappa shape index (κ2) is 4.68. The monoisotopic (exact) mass is 220 g/mol. The molecule has 1 fully saturated rings. The van der Waals surface area contributed by atoms with Crippen molar-refractivity contribution in [3.8, 4) is 0 Å². The molecule has 2 rings (SSSR count). The van der Waals surface area contributed by atoms with Gasteiger partial charge in [-0.25, -0.2) is 9.97 Å². The van der Waals surface area contributed by atoms with Crippen molar-refractivity contribution >= 4 is 11.6 Å². The third-order valence-corrected chi connectivity index (χ3v) is 2.93. The lowest BCUT2D eigenvalue weighted by Crippen LogP contribution is -2.20. The Morgan fingerprint density at radius 1 is 1.44 bits per heavy atom. The number of unbranched alkanes of at least 4 members (excludes halogenated alkanes) is 1. The van der Waals surface area contributed by atoms with E-state index in [1.54, 1.807) is 0 Å². The molecule has 0 bridgehead atoms. The van der Waals surface area contributed by atoms with Crippen molar-refractivity contribution in [3.05, 3.63) is 11.9 Å². The molecular weight excluding hydrogens is 200 g/mol. The Kier molecular flexibility index (Phi) is 3.27. The Bertz CT molecular complexity index is 360. The highest BCUT2D eigenvalue weighted by Gasteiger charge is 2.27. The molecule has 1 aliphatic rings. The minimum atomic E-state index is 0.557. The second-order valence-electron chi connectivity index (χ2n) is 4.56. The molecular formula is C12H20N4. The lowest BCUT2D eigenvalue weighted by molar-refractivity contribution is 0.754. The summed E-state index contributed by atoms with van der Waals surface area (Å²) in [7, 11) is 2.06. The number of nitrogen functional groups attached to an aromatic ring is 1. The summed E-state index contributed by atoms with van der Waals surface area (Å²) in [6.07, 6.45) is 4.79.